The van der Waals surface area contributed by atoms with Gasteiger partial charge in [0.15, 0.2) is 5.66 Å². The predicted octanol–water partition coefficient (Wildman–Crippen LogP) is 3.21. The SMILES string of the molecule is CN(C(=O)NCc1cccc(F)c1Cl)N1C=c2ccccc2=C[C@@]1(CC(C)(C)C[C@@H]1COCO1)NC(=O)O. The van der Waals surface area contributed by atoms with Crippen molar-refractivity contribution in [3.05, 3.63) is 69.3 Å². The normalized spacial score (nSPS) is 20.7. The van der Waals surface area contributed by atoms with Crippen LogP contribution in [-0.4, -0.2) is 59.5 Å². The van der Waals surface area contributed by atoms with E-state index in [2.05, 4.69) is 10.6 Å². The Kier molecular flexibility index (Phi) is 8.15. The van der Waals surface area contributed by atoms with Gasteiger partial charge >= 0.3 is 12.1 Å². The molecule has 2 aliphatic heterocycles. The van der Waals surface area contributed by atoms with E-state index in [9.17, 15) is 19.1 Å². The van der Waals surface area contributed by atoms with E-state index in [1.54, 1.807) is 24.3 Å². The summed E-state index contributed by atoms with van der Waals surface area (Å²) in [5.74, 6) is -0.578. The van der Waals surface area contributed by atoms with Gasteiger partial charge in [0.1, 0.15) is 12.6 Å². The molecule has 3 N–H and O–H groups in total. The van der Waals surface area contributed by atoms with E-state index in [1.807, 2.05) is 44.2 Å². The van der Waals surface area contributed by atoms with Gasteiger partial charge < -0.3 is 19.9 Å². The Labute approximate surface area is 225 Å². The van der Waals surface area contributed by atoms with Gasteiger partial charge in [0, 0.05) is 26.2 Å². The molecule has 0 aromatic heterocycles. The Balaban J connectivity index is 1.67. The number of hydrogen-bond donors (Lipinski definition) is 3. The van der Waals surface area contributed by atoms with Gasteiger partial charge in [-0.1, -0.05) is 61.8 Å². The smallest absolute Gasteiger partial charge is 0.406 e. The van der Waals surface area contributed by atoms with Crippen LogP contribution < -0.4 is 21.1 Å². The van der Waals surface area contributed by atoms with Crippen LogP contribution in [0.25, 0.3) is 12.3 Å². The molecule has 9 nitrogen and oxygen atoms in total. The number of hydrazine groups is 1. The van der Waals surface area contributed by atoms with Gasteiger partial charge in [-0.05, 0) is 40.0 Å². The molecule has 0 aliphatic carbocycles. The summed E-state index contributed by atoms with van der Waals surface area (Å²) in [5, 5.41) is 19.8. The van der Waals surface area contributed by atoms with Crippen molar-refractivity contribution in [2.24, 2.45) is 5.41 Å². The zero-order chi connectivity index (χ0) is 27.5. The first-order valence-corrected chi connectivity index (χ1v) is 12.6. The molecule has 0 spiro atoms. The molecular weight excluding hydrogens is 515 g/mol. The van der Waals surface area contributed by atoms with Crippen molar-refractivity contribution < 1.29 is 28.6 Å². The minimum Gasteiger partial charge on any atom is -0.465 e. The maximum atomic E-state index is 13.9. The summed E-state index contributed by atoms with van der Waals surface area (Å²) in [5.41, 5.74) is -1.32. The van der Waals surface area contributed by atoms with Crippen LogP contribution in [-0.2, 0) is 16.0 Å². The third-order valence-corrected chi connectivity index (χ3v) is 7.11. The monoisotopic (exact) mass is 546 g/mol. The lowest BCUT2D eigenvalue weighted by Gasteiger charge is -2.49. The Morgan fingerprint density at radius 2 is 1.97 bits per heavy atom. The number of carboxylic acid groups (broad SMARTS) is 1. The highest BCUT2D eigenvalue weighted by atomic mass is 35.5. The molecule has 0 radical (unpaired) electrons. The van der Waals surface area contributed by atoms with Crippen molar-refractivity contribution >= 4 is 36.0 Å². The quantitative estimate of drug-likeness (QED) is 0.470. The number of nitrogens with zero attached hydrogens (tertiary/aromatic N) is 2. The first kappa shape index (κ1) is 27.7. The second-order valence-corrected chi connectivity index (χ2v) is 10.7. The highest BCUT2D eigenvalue weighted by molar-refractivity contribution is 6.31. The van der Waals surface area contributed by atoms with Gasteiger partial charge in [0.05, 0.1) is 17.7 Å². The Morgan fingerprint density at radius 1 is 1.24 bits per heavy atom. The van der Waals surface area contributed by atoms with Gasteiger partial charge in [-0.15, -0.1) is 0 Å². The summed E-state index contributed by atoms with van der Waals surface area (Å²) in [6.45, 7) is 4.74. The number of carbonyl (C=O) groups is 2. The summed E-state index contributed by atoms with van der Waals surface area (Å²) in [7, 11) is 1.54. The summed E-state index contributed by atoms with van der Waals surface area (Å²) in [6, 6.07) is 11.4. The second-order valence-electron chi connectivity index (χ2n) is 10.3. The second kappa shape index (κ2) is 11.2. The molecule has 2 aromatic rings. The van der Waals surface area contributed by atoms with Crippen molar-refractivity contribution in [2.45, 2.75) is 45.0 Å². The lowest BCUT2D eigenvalue weighted by Crippen LogP contribution is -2.67. The van der Waals surface area contributed by atoms with Gasteiger partial charge in [-0.3, -0.25) is 10.3 Å². The molecule has 1 saturated heterocycles. The molecule has 2 atom stereocenters. The minimum absolute atomic E-state index is 0.0161. The lowest BCUT2D eigenvalue weighted by atomic mass is 9.77. The van der Waals surface area contributed by atoms with Crippen LogP contribution >= 0.6 is 11.6 Å². The number of hydrogen-bond acceptors (Lipinski definition) is 5. The van der Waals surface area contributed by atoms with Gasteiger partial charge in [0.2, 0.25) is 0 Å². The van der Waals surface area contributed by atoms with Crippen LogP contribution in [0.4, 0.5) is 14.0 Å². The van der Waals surface area contributed by atoms with Crippen molar-refractivity contribution in [1.29, 1.82) is 0 Å². The molecule has 4 rings (SSSR count). The van der Waals surface area contributed by atoms with Crippen molar-refractivity contribution in [3.8, 4) is 0 Å². The van der Waals surface area contributed by atoms with E-state index in [1.165, 1.54) is 17.1 Å². The molecule has 2 heterocycles. The van der Waals surface area contributed by atoms with Crippen molar-refractivity contribution in [2.75, 3.05) is 20.4 Å². The van der Waals surface area contributed by atoms with Gasteiger partial charge in [-0.2, -0.15) is 0 Å². The van der Waals surface area contributed by atoms with Crippen LogP contribution in [0.5, 0.6) is 0 Å². The average molecular weight is 547 g/mol. The number of urea groups is 1. The largest absolute Gasteiger partial charge is 0.465 e. The van der Waals surface area contributed by atoms with Crippen LogP contribution in [0, 0.1) is 11.2 Å². The van der Waals surface area contributed by atoms with E-state index in [4.69, 9.17) is 21.1 Å². The zero-order valence-corrected chi connectivity index (χ0v) is 22.3. The minimum atomic E-state index is -1.31. The van der Waals surface area contributed by atoms with Crippen LogP contribution in [0.15, 0.2) is 42.5 Å². The summed E-state index contributed by atoms with van der Waals surface area (Å²) in [6.07, 6.45) is 3.15. The molecule has 0 bridgehead atoms. The standard InChI is InChI=1S/C27H32ClFN4O5/c1-26(2,12-21-15-37-17-38-21)16-27(31-25(35)36)11-18-7-4-5-8-20(18)14-33(27)32(3)24(34)30-13-19-9-6-10-22(29)23(19)28/h4-11,14,21,31H,12-13,15-17H2,1-3H3,(H,30,34)(H,35,36)/t21-,27-/m1/s1. The zero-order valence-electron chi connectivity index (χ0n) is 21.5. The number of halogens is 2. The number of carbonyl (C=O) groups excluding carboxylic acids is 1. The molecular formula is C27H32ClFN4O5. The fraction of sp³-hybridized carbons (Fsp3) is 0.407. The van der Waals surface area contributed by atoms with E-state index in [0.29, 0.717) is 25.0 Å². The highest BCUT2D eigenvalue weighted by Gasteiger charge is 2.45. The molecule has 1 fully saturated rings. The topological polar surface area (TPSA) is 103 Å². The maximum Gasteiger partial charge on any atom is 0.406 e. The summed E-state index contributed by atoms with van der Waals surface area (Å²) in [4.78, 5) is 25.5. The molecule has 3 amide bonds. The number of fused-ring (bicyclic) bond motifs is 1. The predicted molar refractivity (Wildman–Crippen MR) is 140 cm³/mol. The van der Waals surface area contributed by atoms with Crippen molar-refractivity contribution in [3.63, 3.8) is 0 Å². The molecule has 2 aliphatic rings. The van der Waals surface area contributed by atoms with E-state index in [0.717, 1.165) is 10.4 Å². The molecule has 204 valence electrons. The van der Waals surface area contributed by atoms with E-state index >= 15 is 0 Å². The fourth-order valence-corrected chi connectivity index (χ4v) is 5.31. The van der Waals surface area contributed by atoms with Gasteiger partial charge in [-0.25, -0.2) is 19.0 Å². The number of ether oxygens (including phenoxy) is 2. The molecule has 11 heteroatoms. The van der Waals surface area contributed by atoms with Crippen LogP contribution in [0.3, 0.4) is 0 Å². The Bertz CT molecular complexity index is 1320. The van der Waals surface area contributed by atoms with Gasteiger partial charge in [0.25, 0.3) is 0 Å². The number of rotatable bonds is 8. The lowest BCUT2D eigenvalue weighted by molar-refractivity contribution is -0.0185. The molecule has 2 aromatic carbocycles. The van der Waals surface area contributed by atoms with E-state index in [-0.39, 0.29) is 24.5 Å². The summed E-state index contributed by atoms with van der Waals surface area (Å²) >= 11 is 6.05. The number of amides is 3. The summed E-state index contributed by atoms with van der Waals surface area (Å²) < 4.78 is 24.9. The van der Waals surface area contributed by atoms with E-state index < -0.39 is 29.0 Å². The number of benzene rings is 2. The molecule has 38 heavy (non-hydrogen) atoms. The first-order valence-electron chi connectivity index (χ1n) is 12.2. The average Bonchev–Trinajstić information content (AvgIpc) is 3.35. The Hall–Kier alpha value is -3.34. The Morgan fingerprint density at radius 3 is 2.66 bits per heavy atom. The third-order valence-electron chi connectivity index (χ3n) is 6.68. The molecule has 0 unspecified atom stereocenters. The van der Waals surface area contributed by atoms with Crippen LogP contribution in [0.2, 0.25) is 5.02 Å². The molecule has 0 saturated carbocycles. The third kappa shape index (κ3) is 6.20. The van der Waals surface area contributed by atoms with Crippen molar-refractivity contribution in [1.82, 2.24) is 20.7 Å². The maximum absolute atomic E-state index is 13.9. The fourth-order valence-electron chi connectivity index (χ4n) is 5.12. The highest BCUT2D eigenvalue weighted by Crippen LogP contribution is 2.38. The first-order chi connectivity index (χ1) is 18.0. The van der Waals surface area contributed by atoms with Crippen LogP contribution in [0.1, 0.15) is 32.3 Å². The number of nitrogens with one attached hydrogen (secondary N) is 2.